The average molecular weight is 398 g/mol. The number of amides is 1. The summed E-state index contributed by atoms with van der Waals surface area (Å²) >= 11 is 1.26. The van der Waals surface area contributed by atoms with Gasteiger partial charge >= 0.3 is 0 Å². The number of fused-ring (bicyclic) bond motifs is 1. The molecule has 1 amide bonds. The molecule has 0 bridgehead atoms. The first-order valence-corrected chi connectivity index (χ1v) is 10.1. The Bertz CT molecular complexity index is 1030. The van der Waals surface area contributed by atoms with Gasteiger partial charge in [-0.25, -0.2) is 4.98 Å². The molecule has 0 spiro atoms. The van der Waals surface area contributed by atoms with Gasteiger partial charge in [0.15, 0.2) is 5.16 Å². The monoisotopic (exact) mass is 397 g/mol. The van der Waals surface area contributed by atoms with Gasteiger partial charge in [0.1, 0.15) is 5.75 Å². The summed E-state index contributed by atoms with van der Waals surface area (Å²) in [6.45, 7) is 6.38. The number of nitrogens with one attached hydrogen (secondary N) is 1. The molecule has 0 aliphatic heterocycles. The van der Waals surface area contributed by atoms with Gasteiger partial charge < -0.3 is 10.1 Å². The number of anilines is 1. The number of benzene rings is 2. The van der Waals surface area contributed by atoms with E-state index in [4.69, 9.17) is 4.74 Å². The third kappa shape index (κ3) is 4.54. The van der Waals surface area contributed by atoms with Gasteiger partial charge in [-0.2, -0.15) is 0 Å². The first-order valence-electron chi connectivity index (χ1n) is 9.16. The van der Waals surface area contributed by atoms with Crippen LogP contribution >= 0.6 is 11.8 Å². The van der Waals surface area contributed by atoms with Crippen molar-refractivity contribution >= 4 is 34.3 Å². The number of nitrogens with zero attached hydrogens (tertiary/aromatic N) is 2. The molecule has 1 aromatic heterocycles. The maximum atomic E-state index is 12.8. The summed E-state index contributed by atoms with van der Waals surface area (Å²) in [5, 5.41) is 3.98. The van der Waals surface area contributed by atoms with E-state index in [0.29, 0.717) is 28.4 Å². The van der Waals surface area contributed by atoms with Crippen LogP contribution < -0.4 is 15.6 Å². The van der Waals surface area contributed by atoms with Crippen LogP contribution in [0.2, 0.25) is 0 Å². The Morgan fingerprint density at radius 3 is 2.57 bits per heavy atom. The van der Waals surface area contributed by atoms with Gasteiger partial charge in [0.25, 0.3) is 5.56 Å². The van der Waals surface area contributed by atoms with Crippen molar-refractivity contribution in [1.29, 1.82) is 0 Å². The summed E-state index contributed by atoms with van der Waals surface area (Å²) in [7, 11) is 0. The maximum Gasteiger partial charge on any atom is 0.262 e. The Balaban J connectivity index is 1.74. The van der Waals surface area contributed by atoms with Crippen molar-refractivity contribution < 1.29 is 9.53 Å². The highest BCUT2D eigenvalue weighted by Gasteiger charge is 2.15. The molecule has 0 aliphatic carbocycles. The Labute approximate surface area is 167 Å². The highest BCUT2D eigenvalue weighted by atomic mass is 32.2. The number of carbonyl (C=O) groups excluding carboxylic acids is 1. The molecule has 1 heterocycles. The lowest BCUT2D eigenvalue weighted by atomic mass is 10.2. The van der Waals surface area contributed by atoms with Crippen molar-refractivity contribution in [3.8, 4) is 5.75 Å². The lowest BCUT2D eigenvalue weighted by molar-refractivity contribution is -0.113. The van der Waals surface area contributed by atoms with Crippen molar-refractivity contribution in [2.45, 2.75) is 32.0 Å². The lowest BCUT2D eigenvalue weighted by Crippen LogP contribution is -2.25. The van der Waals surface area contributed by atoms with E-state index in [0.717, 1.165) is 5.75 Å². The Morgan fingerprint density at radius 1 is 1.18 bits per heavy atom. The minimum Gasteiger partial charge on any atom is -0.494 e. The Morgan fingerprint density at radius 2 is 1.89 bits per heavy atom. The second kappa shape index (κ2) is 8.93. The summed E-state index contributed by atoms with van der Waals surface area (Å²) in [6, 6.07) is 14.4. The smallest absolute Gasteiger partial charge is 0.262 e. The summed E-state index contributed by atoms with van der Waals surface area (Å²) in [5.74, 6) is 0.758. The minimum absolute atomic E-state index is 0.0544. The molecular weight excluding hydrogens is 374 g/mol. The van der Waals surface area contributed by atoms with E-state index in [1.807, 2.05) is 51.1 Å². The highest BCUT2D eigenvalue weighted by Crippen LogP contribution is 2.21. The topological polar surface area (TPSA) is 73.2 Å². The fourth-order valence-corrected chi connectivity index (χ4v) is 3.74. The number of hydrogen-bond donors (Lipinski definition) is 1. The quantitative estimate of drug-likeness (QED) is 0.480. The van der Waals surface area contributed by atoms with Crippen LogP contribution in [0.5, 0.6) is 5.75 Å². The van der Waals surface area contributed by atoms with Crippen LogP contribution in [0.3, 0.4) is 0 Å². The normalized spacial score (nSPS) is 11.0. The zero-order valence-corrected chi connectivity index (χ0v) is 17.0. The number of rotatable bonds is 7. The zero-order valence-electron chi connectivity index (χ0n) is 16.1. The van der Waals surface area contributed by atoms with E-state index in [2.05, 4.69) is 10.3 Å². The number of carbonyl (C=O) groups is 1. The molecule has 1 N–H and O–H groups in total. The average Bonchev–Trinajstić information content (AvgIpc) is 2.68. The summed E-state index contributed by atoms with van der Waals surface area (Å²) in [4.78, 5) is 29.8. The van der Waals surface area contributed by atoms with Gasteiger partial charge in [0.05, 0.1) is 23.3 Å². The third-order valence-corrected chi connectivity index (χ3v) is 5.03. The number of ether oxygens (including phenoxy) is 1. The number of hydrogen-bond acceptors (Lipinski definition) is 5. The van der Waals surface area contributed by atoms with E-state index < -0.39 is 0 Å². The SMILES string of the molecule is CCOc1ccc(NC(=O)CSc2nc3ccccc3c(=O)n2C(C)C)cc1. The van der Waals surface area contributed by atoms with Crippen LogP contribution in [-0.4, -0.2) is 27.8 Å². The fraction of sp³-hybridized carbons (Fsp3) is 0.286. The molecule has 3 aromatic rings. The van der Waals surface area contributed by atoms with Gasteiger partial charge in [-0.3, -0.25) is 14.2 Å². The molecule has 0 unspecified atom stereocenters. The molecule has 0 fully saturated rings. The summed E-state index contributed by atoms with van der Waals surface area (Å²) in [6.07, 6.45) is 0. The van der Waals surface area contributed by atoms with Crippen LogP contribution in [0.4, 0.5) is 5.69 Å². The van der Waals surface area contributed by atoms with E-state index in [1.165, 1.54) is 11.8 Å². The minimum atomic E-state index is -0.160. The van der Waals surface area contributed by atoms with E-state index in [-0.39, 0.29) is 23.3 Å². The van der Waals surface area contributed by atoms with E-state index in [9.17, 15) is 9.59 Å². The van der Waals surface area contributed by atoms with Crippen LogP contribution in [0.25, 0.3) is 10.9 Å². The van der Waals surface area contributed by atoms with Gasteiger partial charge in [-0.05, 0) is 57.2 Å². The first kappa shape index (κ1) is 19.9. The predicted molar refractivity (Wildman–Crippen MR) is 113 cm³/mol. The molecular formula is C21H23N3O3S. The van der Waals surface area contributed by atoms with E-state index >= 15 is 0 Å². The van der Waals surface area contributed by atoms with Crippen molar-refractivity contribution in [3.63, 3.8) is 0 Å². The summed E-state index contributed by atoms with van der Waals surface area (Å²) < 4.78 is 7.03. The standard InChI is InChI=1S/C21H23N3O3S/c1-4-27-16-11-9-15(10-12-16)22-19(25)13-28-21-23-18-8-6-5-7-17(18)20(26)24(21)14(2)3/h5-12,14H,4,13H2,1-3H3,(H,22,25). The Kier molecular flexibility index (Phi) is 6.36. The van der Waals surface area contributed by atoms with Crippen LogP contribution in [0, 0.1) is 0 Å². The van der Waals surface area contributed by atoms with Crippen LogP contribution in [0.1, 0.15) is 26.8 Å². The largest absolute Gasteiger partial charge is 0.494 e. The second-order valence-electron chi connectivity index (χ2n) is 6.47. The molecule has 3 rings (SSSR count). The second-order valence-corrected chi connectivity index (χ2v) is 7.42. The molecule has 28 heavy (non-hydrogen) atoms. The van der Waals surface area contributed by atoms with Crippen LogP contribution in [-0.2, 0) is 4.79 Å². The van der Waals surface area contributed by atoms with Crippen LogP contribution in [0.15, 0.2) is 58.5 Å². The van der Waals surface area contributed by atoms with Crippen molar-refractivity contribution in [2.24, 2.45) is 0 Å². The van der Waals surface area contributed by atoms with Crippen molar-refractivity contribution in [2.75, 3.05) is 17.7 Å². The van der Waals surface area contributed by atoms with Crippen molar-refractivity contribution in [1.82, 2.24) is 9.55 Å². The van der Waals surface area contributed by atoms with E-state index in [1.54, 1.807) is 22.8 Å². The number of thioether (sulfide) groups is 1. The molecule has 0 saturated carbocycles. The highest BCUT2D eigenvalue weighted by molar-refractivity contribution is 7.99. The number of para-hydroxylation sites is 1. The van der Waals surface area contributed by atoms with Gasteiger partial charge in [0.2, 0.25) is 5.91 Å². The third-order valence-electron chi connectivity index (χ3n) is 4.07. The van der Waals surface area contributed by atoms with Gasteiger partial charge in [-0.1, -0.05) is 23.9 Å². The molecule has 146 valence electrons. The van der Waals surface area contributed by atoms with Crippen molar-refractivity contribution in [3.05, 3.63) is 58.9 Å². The zero-order chi connectivity index (χ0) is 20.1. The van der Waals surface area contributed by atoms with Gasteiger partial charge in [0, 0.05) is 11.7 Å². The molecule has 0 atom stereocenters. The molecule has 7 heteroatoms. The maximum absolute atomic E-state index is 12.8. The Hall–Kier alpha value is -2.80. The molecule has 0 aliphatic rings. The molecule has 6 nitrogen and oxygen atoms in total. The predicted octanol–water partition coefficient (Wildman–Crippen LogP) is 4.11. The van der Waals surface area contributed by atoms with Gasteiger partial charge in [-0.15, -0.1) is 0 Å². The summed E-state index contributed by atoms with van der Waals surface area (Å²) in [5.41, 5.74) is 1.25. The molecule has 0 saturated heterocycles. The fourth-order valence-electron chi connectivity index (χ4n) is 2.81. The first-order chi connectivity index (χ1) is 13.5. The molecule has 0 radical (unpaired) electrons. The lowest BCUT2D eigenvalue weighted by Gasteiger charge is -2.16. The number of aromatic nitrogens is 2. The molecule has 2 aromatic carbocycles.